The number of carbonyl (C=O) groups excluding carboxylic acids is 3. The first-order valence-corrected chi connectivity index (χ1v) is 27.4. The molecule has 12 nitrogen and oxygen atoms in total. The molecule has 0 aliphatic carbocycles. The molecular formula is C72H60O12. The summed E-state index contributed by atoms with van der Waals surface area (Å²) in [6.45, 7) is 1.09. The summed E-state index contributed by atoms with van der Waals surface area (Å²) in [5.41, 5.74) is 7.18. The van der Waals surface area contributed by atoms with Crippen LogP contribution in [0.4, 0.5) is 0 Å². The van der Waals surface area contributed by atoms with Gasteiger partial charge in [-0.25, -0.2) is 14.4 Å². The van der Waals surface area contributed by atoms with Gasteiger partial charge in [0.25, 0.3) is 0 Å². The third kappa shape index (κ3) is 17.5. The third-order valence-electron chi connectivity index (χ3n) is 13.1. The summed E-state index contributed by atoms with van der Waals surface area (Å²) in [7, 11) is 0. The molecule has 0 aliphatic heterocycles. The molecule has 0 fully saturated rings. The number of ether oxygens (including phenoxy) is 9. The summed E-state index contributed by atoms with van der Waals surface area (Å²) in [5.74, 6) is 0.503. The Labute approximate surface area is 488 Å². The minimum atomic E-state index is -0.826. The molecule has 0 spiro atoms. The Bertz CT molecular complexity index is 3140. The van der Waals surface area contributed by atoms with Gasteiger partial charge in [-0.3, -0.25) is 0 Å². The van der Waals surface area contributed by atoms with Crippen molar-refractivity contribution in [2.75, 3.05) is 0 Å². The van der Waals surface area contributed by atoms with Crippen molar-refractivity contribution in [2.45, 2.75) is 59.5 Å². The van der Waals surface area contributed by atoms with Crippen molar-refractivity contribution in [3.63, 3.8) is 0 Å². The molecule has 0 aromatic heterocycles. The Morgan fingerprint density at radius 1 is 0.202 bits per heavy atom. The number of esters is 3. The summed E-state index contributed by atoms with van der Waals surface area (Å²) in [4.78, 5) is 42.8. The average Bonchev–Trinajstić information content (AvgIpc) is 3.56. The molecule has 12 heteroatoms. The van der Waals surface area contributed by atoms with E-state index in [0.717, 1.165) is 33.4 Å². The van der Waals surface area contributed by atoms with Crippen LogP contribution in [-0.4, -0.2) is 17.9 Å². The molecular weight excluding hydrogens is 1060 g/mol. The van der Waals surface area contributed by atoms with Crippen molar-refractivity contribution in [1.82, 2.24) is 0 Å². The molecule has 10 aromatic rings. The summed E-state index contributed by atoms with van der Waals surface area (Å²) in [5, 5.41) is 0. The largest absolute Gasteiger partial charge is 0.489 e. The van der Waals surface area contributed by atoms with Crippen LogP contribution in [-0.2, 0) is 73.7 Å². The normalized spacial score (nSPS) is 10.7. The van der Waals surface area contributed by atoms with Crippen molar-refractivity contribution in [1.29, 1.82) is 0 Å². The molecule has 0 aliphatic rings. The van der Waals surface area contributed by atoms with Gasteiger partial charge >= 0.3 is 17.9 Å². The maximum absolute atomic E-state index is 14.3. The van der Waals surface area contributed by atoms with E-state index in [2.05, 4.69) is 0 Å². The van der Waals surface area contributed by atoms with E-state index in [-0.39, 0.29) is 76.2 Å². The van der Waals surface area contributed by atoms with Gasteiger partial charge in [-0.2, -0.15) is 0 Å². The first kappa shape index (κ1) is 56.7. The highest BCUT2D eigenvalue weighted by Gasteiger charge is 2.21. The highest BCUT2D eigenvalue weighted by atomic mass is 16.5. The summed E-state index contributed by atoms with van der Waals surface area (Å²) >= 11 is 0. The number of rotatable bonds is 27. The highest BCUT2D eigenvalue weighted by molar-refractivity contribution is 6.00. The molecule has 0 radical (unpaired) electrons. The van der Waals surface area contributed by atoms with Gasteiger partial charge < -0.3 is 42.6 Å². The minimum Gasteiger partial charge on any atom is -0.489 e. The quantitative estimate of drug-likeness (QED) is 0.0358. The standard InChI is InChI=1S/C72H60O12/c73-70(82-49-58-31-64(76-43-52-19-7-1-8-20-52)40-65(32-58)77-44-53-21-9-2-10-22-53)61-37-62(71(74)83-50-59-33-66(78-45-54-23-11-3-12-24-54)41-67(34-59)79-46-55-25-13-4-14-26-55)39-63(38-61)72(75)84-51-60-35-68(80-47-56-27-15-5-16-28-56)42-69(36-60)81-48-57-29-17-6-18-30-57/h1-42H,43-51H2. The molecule has 10 rings (SSSR count). The molecule has 0 amide bonds. The monoisotopic (exact) mass is 1120 g/mol. The van der Waals surface area contributed by atoms with Crippen LogP contribution in [0.15, 0.2) is 255 Å². The summed E-state index contributed by atoms with van der Waals surface area (Å²) < 4.78 is 55.1. The molecule has 0 heterocycles. The van der Waals surface area contributed by atoms with Crippen LogP contribution in [0.5, 0.6) is 34.5 Å². The van der Waals surface area contributed by atoms with Crippen LogP contribution in [0.1, 0.15) is 81.1 Å². The van der Waals surface area contributed by atoms with Crippen LogP contribution >= 0.6 is 0 Å². The predicted octanol–water partition coefficient (Wildman–Crippen LogP) is 15.2. The molecule has 0 N–H and O–H groups in total. The van der Waals surface area contributed by atoms with E-state index < -0.39 is 17.9 Å². The van der Waals surface area contributed by atoms with Gasteiger partial charge in [0, 0.05) is 18.2 Å². The van der Waals surface area contributed by atoms with Crippen LogP contribution in [0.2, 0.25) is 0 Å². The zero-order valence-corrected chi connectivity index (χ0v) is 46.0. The van der Waals surface area contributed by atoms with Gasteiger partial charge in [0.15, 0.2) is 0 Å². The molecule has 0 saturated carbocycles. The molecule has 84 heavy (non-hydrogen) atoms. The first-order chi connectivity index (χ1) is 41.3. The van der Waals surface area contributed by atoms with Gasteiger partial charge in [-0.05, 0) is 105 Å². The van der Waals surface area contributed by atoms with E-state index in [9.17, 15) is 14.4 Å². The van der Waals surface area contributed by atoms with Gasteiger partial charge in [-0.1, -0.05) is 182 Å². The maximum atomic E-state index is 14.3. The van der Waals surface area contributed by atoms with E-state index >= 15 is 0 Å². The summed E-state index contributed by atoms with van der Waals surface area (Å²) in [6.07, 6.45) is 0. The Hall–Kier alpha value is -10.6. The number of benzene rings is 10. The lowest BCUT2D eigenvalue weighted by Crippen LogP contribution is -2.14. The van der Waals surface area contributed by atoms with Gasteiger partial charge in [0.05, 0.1) is 16.7 Å². The Morgan fingerprint density at radius 2 is 0.381 bits per heavy atom. The molecule has 0 saturated heterocycles. The second kappa shape index (κ2) is 29.2. The van der Waals surface area contributed by atoms with Crippen molar-refractivity contribution in [2.24, 2.45) is 0 Å². The van der Waals surface area contributed by atoms with E-state index in [1.165, 1.54) is 18.2 Å². The maximum Gasteiger partial charge on any atom is 0.338 e. The Morgan fingerprint density at radius 3 is 0.560 bits per heavy atom. The smallest absolute Gasteiger partial charge is 0.338 e. The Balaban J connectivity index is 0.899. The lowest BCUT2D eigenvalue weighted by atomic mass is 10.1. The number of carbonyl (C=O) groups is 3. The van der Waals surface area contributed by atoms with Crippen molar-refractivity contribution < 1.29 is 57.0 Å². The zero-order valence-electron chi connectivity index (χ0n) is 46.0. The third-order valence-corrected chi connectivity index (χ3v) is 13.1. The lowest BCUT2D eigenvalue weighted by Gasteiger charge is -2.15. The number of hydrogen-bond donors (Lipinski definition) is 0. The fourth-order valence-electron chi connectivity index (χ4n) is 8.77. The molecule has 10 aromatic carbocycles. The van der Waals surface area contributed by atoms with Crippen LogP contribution < -0.4 is 28.4 Å². The van der Waals surface area contributed by atoms with Crippen LogP contribution in [0, 0.1) is 0 Å². The summed E-state index contributed by atoms with van der Waals surface area (Å²) in [6, 6.07) is 78.3. The fourth-order valence-corrected chi connectivity index (χ4v) is 8.77. The second-order valence-corrected chi connectivity index (χ2v) is 19.6. The number of hydrogen-bond acceptors (Lipinski definition) is 12. The van der Waals surface area contributed by atoms with Gasteiger partial charge in [0.2, 0.25) is 0 Å². The molecule has 420 valence electrons. The van der Waals surface area contributed by atoms with Crippen molar-refractivity contribution >= 4 is 17.9 Å². The van der Waals surface area contributed by atoms with Crippen molar-refractivity contribution in [3.8, 4) is 34.5 Å². The predicted molar refractivity (Wildman–Crippen MR) is 318 cm³/mol. The van der Waals surface area contributed by atoms with E-state index in [1.807, 2.05) is 182 Å². The SMILES string of the molecule is O=C(OCc1cc(OCc2ccccc2)cc(OCc2ccccc2)c1)c1cc(C(=O)OCc2cc(OCc3ccccc3)cc(OCc3ccccc3)c2)cc(C(=O)OCc2cc(OCc3ccccc3)cc(OCc3ccccc3)c2)c1. The topological polar surface area (TPSA) is 134 Å². The molecule has 0 atom stereocenters. The Kier molecular flexibility index (Phi) is 19.7. The van der Waals surface area contributed by atoms with Gasteiger partial charge in [0.1, 0.15) is 94.0 Å². The lowest BCUT2D eigenvalue weighted by molar-refractivity contribution is 0.0466. The van der Waals surface area contributed by atoms with Crippen LogP contribution in [0.3, 0.4) is 0 Å². The second-order valence-electron chi connectivity index (χ2n) is 19.6. The van der Waals surface area contributed by atoms with Crippen LogP contribution in [0.25, 0.3) is 0 Å². The van der Waals surface area contributed by atoms with E-state index in [1.54, 1.807) is 54.6 Å². The molecule has 0 bridgehead atoms. The zero-order chi connectivity index (χ0) is 57.6. The van der Waals surface area contributed by atoms with E-state index in [0.29, 0.717) is 51.2 Å². The van der Waals surface area contributed by atoms with Crippen molar-refractivity contribution in [3.05, 3.63) is 322 Å². The first-order valence-electron chi connectivity index (χ1n) is 27.4. The molecule has 0 unspecified atom stereocenters. The van der Waals surface area contributed by atoms with E-state index in [4.69, 9.17) is 42.6 Å². The minimum absolute atomic E-state index is 0.103. The van der Waals surface area contributed by atoms with Gasteiger partial charge in [-0.15, -0.1) is 0 Å². The fraction of sp³-hybridized carbons (Fsp3) is 0.125. The highest BCUT2D eigenvalue weighted by Crippen LogP contribution is 2.30. The average molecular weight is 1120 g/mol.